The Bertz CT molecular complexity index is 1020. The van der Waals surface area contributed by atoms with E-state index in [2.05, 4.69) is 17.1 Å². The van der Waals surface area contributed by atoms with E-state index in [-0.39, 0.29) is 49.1 Å². The van der Waals surface area contributed by atoms with Crippen molar-refractivity contribution < 1.29 is 23.1 Å². The highest BCUT2D eigenvalue weighted by Gasteiger charge is 2.33. The molecule has 1 saturated heterocycles. The molecule has 0 aliphatic carbocycles. The van der Waals surface area contributed by atoms with Crippen molar-refractivity contribution in [3.05, 3.63) is 70.5 Å². The summed E-state index contributed by atoms with van der Waals surface area (Å²) in [5.74, 6) is -0.615. The second-order valence-electron chi connectivity index (χ2n) is 9.74. The van der Waals surface area contributed by atoms with Crippen LogP contribution in [0.1, 0.15) is 57.1 Å². The maximum Gasteiger partial charge on any atom is 0.409 e. The van der Waals surface area contributed by atoms with E-state index in [1.165, 1.54) is 12.1 Å². The van der Waals surface area contributed by atoms with Crippen LogP contribution in [0, 0.1) is 5.82 Å². The number of benzene rings is 2. The Labute approximate surface area is 222 Å². The first-order valence-corrected chi connectivity index (χ1v) is 13.2. The van der Waals surface area contributed by atoms with Crippen molar-refractivity contribution in [2.24, 2.45) is 0 Å². The number of alkyl halides is 1. The summed E-state index contributed by atoms with van der Waals surface area (Å²) in [6.45, 7) is 7.96. The molecule has 0 bridgehead atoms. The first kappa shape index (κ1) is 28.9. The number of halogens is 3. The summed E-state index contributed by atoms with van der Waals surface area (Å²) in [6, 6.07) is 13.7. The number of nitrogens with zero attached hydrogens (tertiary/aromatic N) is 2. The molecule has 1 aliphatic rings. The Balaban J connectivity index is 1.63. The number of rotatable bonds is 10. The van der Waals surface area contributed by atoms with Gasteiger partial charge in [-0.3, -0.25) is 9.69 Å². The molecule has 4 atom stereocenters. The van der Waals surface area contributed by atoms with Gasteiger partial charge in [0, 0.05) is 62.0 Å². The topological polar surface area (TPSA) is 61.9 Å². The molecule has 37 heavy (non-hydrogen) atoms. The predicted octanol–water partition coefficient (Wildman–Crippen LogP) is 5.90. The van der Waals surface area contributed by atoms with Crippen molar-refractivity contribution in [2.45, 2.75) is 70.9 Å². The number of ether oxygens (including phenoxy) is 1. The van der Waals surface area contributed by atoms with Gasteiger partial charge in [-0.1, -0.05) is 42.8 Å². The molecule has 2 aromatic carbocycles. The first-order chi connectivity index (χ1) is 17.7. The number of hydrogen-bond acceptors (Lipinski definition) is 4. The zero-order valence-corrected chi connectivity index (χ0v) is 22.4. The molecule has 3 rings (SSSR count). The SMILES string of the molecule is CCCC(F)OC(=O)NCC(CC(=O)N1CC(C)N(Cc2ccc(F)cc2)CC1C)c1ccc(Cl)cc1. The number of amides is 2. The number of nitrogens with one attached hydrogen (secondary N) is 1. The summed E-state index contributed by atoms with van der Waals surface area (Å²) in [6.07, 6.45) is -1.64. The van der Waals surface area contributed by atoms with Crippen LogP contribution in [0.5, 0.6) is 0 Å². The molecule has 6 nitrogen and oxygen atoms in total. The van der Waals surface area contributed by atoms with E-state index in [1.807, 2.05) is 24.0 Å². The largest absolute Gasteiger partial charge is 0.415 e. The molecule has 202 valence electrons. The van der Waals surface area contributed by atoms with E-state index < -0.39 is 12.5 Å². The van der Waals surface area contributed by atoms with Gasteiger partial charge < -0.3 is 15.0 Å². The summed E-state index contributed by atoms with van der Waals surface area (Å²) in [4.78, 5) is 29.7. The van der Waals surface area contributed by atoms with E-state index in [4.69, 9.17) is 16.3 Å². The maximum atomic E-state index is 13.7. The molecule has 9 heteroatoms. The second-order valence-corrected chi connectivity index (χ2v) is 10.2. The lowest BCUT2D eigenvalue weighted by Crippen LogP contribution is -2.57. The molecule has 1 fully saturated rings. The molecule has 2 amide bonds. The normalized spacial score (nSPS) is 19.8. The summed E-state index contributed by atoms with van der Waals surface area (Å²) < 4.78 is 31.7. The molecule has 1 aliphatic heterocycles. The Morgan fingerprint density at radius 3 is 2.41 bits per heavy atom. The van der Waals surface area contributed by atoms with Crippen molar-refractivity contribution in [1.82, 2.24) is 15.1 Å². The molecular formula is C28H36ClF2N3O3. The zero-order chi connectivity index (χ0) is 26.9. The van der Waals surface area contributed by atoms with Crippen LogP contribution >= 0.6 is 11.6 Å². The monoisotopic (exact) mass is 535 g/mol. The first-order valence-electron chi connectivity index (χ1n) is 12.8. The van der Waals surface area contributed by atoms with Gasteiger partial charge >= 0.3 is 6.09 Å². The molecule has 1 N–H and O–H groups in total. The van der Waals surface area contributed by atoms with Crippen LogP contribution in [-0.2, 0) is 16.1 Å². The van der Waals surface area contributed by atoms with Crippen LogP contribution in [0.2, 0.25) is 5.02 Å². The van der Waals surface area contributed by atoms with Crippen LogP contribution in [0.15, 0.2) is 48.5 Å². The van der Waals surface area contributed by atoms with Crippen molar-refractivity contribution in [3.8, 4) is 0 Å². The van der Waals surface area contributed by atoms with Crippen LogP contribution in [0.3, 0.4) is 0 Å². The van der Waals surface area contributed by atoms with Gasteiger partial charge in [0.05, 0.1) is 0 Å². The number of alkyl carbamates (subject to hydrolysis) is 1. The van der Waals surface area contributed by atoms with Gasteiger partial charge in [-0.25, -0.2) is 13.6 Å². The van der Waals surface area contributed by atoms with Crippen LogP contribution in [0.25, 0.3) is 0 Å². The summed E-state index contributed by atoms with van der Waals surface area (Å²) in [5, 5.41) is 3.18. The molecule has 0 aromatic heterocycles. The van der Waals surface area contributed by atoms with Gasteiger partial charge in [0.15, 0.2) is 0 Å². The third-order valence-electron chi connectivity index (χ3n) is 6.74. The van der Waals surface area contributed by atoms with Crippen LogP contribution in [0.4, 0.5) is 13.6 Å². The molecule has 4 unspecified atom stereocenters. The highest BCUT2D eigenvalue weighted by atomic mass is 35.5. The van der Waals surface area contributed by atoms with Crippen LogP contribution in [-0.4, -0.2) is 59.9 Å². The molecular weight excluding hydrogens is 500 g/mol. The van der Waals surface area contributed by atoms with Crippen molar-refractivity contribution in [2.75, 3.05) is 19.6 Å². The molecule has 0 spiro atoms. The molecule has 2 aromatic rings. The quantitative estimate of drug-likeness (QED) is 0.412. The fourth-order valence-corrected chi connectivity index (χ4v) is 4.74. The maximum absolute atomic E-state index is 13.7. The lowest BCUT2D eigenvalue weighted by atomic mass is 9.94. The number of piperazine rings is 1. The summed E-state index contributed by atoms with van der Waals surface area (Å²) >= 11 is 6.04. The van der Waals surface area contributed by atoms with E-state index in [9.17, 15) is 18.4 Å². The average Bonchev–Trinajstić information content (AvgIpc) is 2.85. The van der Waals surface area contributed by atoms with Crippen molar-refractivity contribution in [1.29, 1.82) is 0 Å². The Hall–Kier alpha value is -2.71. The Morgan fingerprint density at radius 2 is 1.76 bits per heavy atom. The van der Waals surface area contributed by atoms with Crippen LogP contribution < -0.4 is 5.32 Å². The average molecular weight is 536 g/mol. The Morgan fingerprint density at radius 1 is 1.08 bits per heavy atom. The minimum Gasteiger partial charge on any atom is -0.415 e. The third-order valence-corrected chi connectivity index (χ3v) is 6.99. The Kier molecular flexibility index (Phi) is 10.7. The summed E-state index contributed by atoms with van der Waals surface area (Å²) in [7, 11) is 0. The second kappa shape index (κ2) is 13.7. The molecule has 1 heterocycles. The van der Waals surface area contributed by atoms with E-state index in [0.29, 0.717) is 31.1 Å². The van der Waals surface area contributed by atoms with E-state index in [0.717, 1.165) is 11.1 Å². The van der Waals surface area contributed by atoms with Gasteiger partial charge in [-0.15, -0.1) is 0 Å². The number of hydrogen-bond donors (Lipinski definition) is 1. The minimum atomic E-state index is -1.66. The standard InChI is InChI=1S/C28H36ClF2N3O3/c1-4-5-26(31)37-28(36)32-15-23(22-8-10-24(29)11-9-22)14-27(35)34-17-19(2)33(16-20(34)3)18-21-6-12-25(30)13-7-21/h6-13,19-20,23,26H,4-5,14-18H2,1-3H3,(H,32,36). The van der Waals surface area contributed by atoms with Crippen molar-refractivity contribution in [3.63, 3.8) is 0 Å². The van der Waals surface area contributed by atoms with Gasteiger partial charge in [0.25, 0.3) is 0 Å². The fraction of sp³-hybridized carbons (Fsp3) is 0.500. The zero-order valence-electron chi connectivity index (χ0n) is 21.6. The predicted molar refractivity (Wildman–Crippen MR) is 141 cm³/mol. The number of carbonyl (C=O) groups excluding carboxylic acids is 2. The van der Waals surface area contributed by atoms with E-state index >= 15 is 0 Å². The smallest absolute Gasteiger partial charge is 0.409 e. The van der Waals surface area contributed by atoms with Gasteiger partial charge in [-0.05, 0) is 55.7 Å². The number of carbonyl (C=O) groups is 2. The highest BCUT2D eigenvalue weighted by Crippen LogP contribution is 2.25. The third kappa shape index (κ3) is 8.68. The van der Waals surface area contributed by atoms with Gasteiger partial charge in [-0.2, -0.15) is 0 Å². The van der Waals surface area contributed by atoms with Gasteiger partial charge in [0.1, 0.15) is 5.82 Å². The molecule has 0 saturated carbocycles. The fourth-order valence-electron chi connectivity index (χ4n) is 4.61. The summed E-state index contributed by atoms with van der Waals surface area (Å²) in [5.41, 5.74) is 1.87. The van der Waals surface area contributed by atoms with Gasteiger partial charge in [0.2, 0.25) is 12.3 Å². The minimum absolute atomic E-state index is 0.0192. The van der Waals surface area contributed by atoms with Crippen molar-refractivity contribution >= 4 is 23.6 Å². The lowest BCUT2D eigenvalue weighted by molar-refractivity contribution is -0.137. The lowest BCUT2D eigenvalue weighted by Gasteiger charge is -2.44. The highest BCUT2D eigenvalue weighted by molar-refractivity contribution is 6.30. The molecule has 0 radical (unpaired) electrons. The van der Waals surface area contributed by atoms with E-state index in [1.54, 1.807) is 31.2 Å².